The van der Waals surface area contributed by atoms with E-state index in [1.165, 1.54) is 18.2 Å². The predicted molar refractivity (Wildman–Crippen MR) is 73.8 cm³/mol. The first-order valence-electron chi connectivity index (χ1n) is 7.14. The Bertz CT molecular complexity index is 519. The Balaban J connectivity index is 1.87. The predicted octanol–water partition coefficient (Wildman–Crippen LogP) is 2.19. The lowest BCUT2D eigenvalue weighted by molar-refractivity contribution is -0.0753. The molecule has 4 nitrogen and oxygen atoms in total. The van der Waals surface area contributed by atoms with Crippen molar-refractivity contribution in [3.05, 3.63) is 29.6 Å². The zero-order valence-electron chi connectivity index (χ0n) is 11.3. The molecule has 20 heavy (non-hydrogen) atoms. The number of rotatable bonds is 1. The van der Waals surface area contributed by atoms with Gasteiger partial charge in [0.25, 0.3) is 5.91 Å². The van der Waals surface area contributed by atoms with Crippen LogP contribution in [0.3, 0.4) is 0 Å². The molecule has 3 rings (SSSR count). The second-order valence-corrected chi connectivity index (χ2v) is 5.50. The number of nitrogen functional groups attached to an aromatic ring is 1. The van der Waals surface area contributed by atoms with Crippen LogP contribution >= 0.6 is 0 Å². The molecule has 0 radical (unpaired) electrons. The third kappa shape index (κ3) is 2.38. The van der Waals surface area contributed by atoms with Gasteiger partial charge in [0.15, 0.2) is 0 Å². The van der Waals surface area contributed by atoms with Crippen molar-refractivity contribution in [1.82, 2.24) is 4.90 Å². The number of nitrogens with zero attached hydrogens (tertiary/aromatic N) is 1. The van der Waals surface area contributed by atoms with E-state index in [2.05, 4.69) is 0 Å². The molecule has 2 atom stereocenters. The first-order valence-corrected chi connectivity index (χ1v) is 7.14. The Morgan fingerprint density at radius 1 is 1.35 bits per heavy atom. The van der Waals surface area contributed by atoms with Gasteiger partial charge in [-0.2, -0.15) is 0 Å². The van der Waals surface area contributed by atoms with Crippen molar-refractivity contribution >= 4 is 11.6 Å². The first-order chi connectivity index (χ1) is 9.66. The van der Waals surface area contributed by atoms with Crippen LogP contribution in [0, 0.1) is 5.82 Å². The number of anilines is 1. The zero-order valence-corrected chi connectivity index (χ0v) is 11.3. The van der Waals surface area contributed by atoms with Gasteiger partial charge in [0.1, 0.15) is 5.82 Å². The van der Waals surface area contributed by atoms with Gasteiger partial charge < -0.3 is 15.4 Å². The molecule has 1 aromatic rings. The molecule has 5 heteroatoms. The fourth-order valence-electron chi connectivity index (χ4n) is 3.21. The number of morpholine rings is 1. The molecule has 2 aliphatic rings. The number of halogens is 1. The van der Waals surface area contributed by atoms with Crippen molar-refractivity contribution in [1.29, 1.82) is 0 Å². The van der Waals surface area contributed by atoms with Gasteiger partial charge in [0, 0.05) is 12.2 Å². The molecule has 1 saturated heterocycles. The lowest BCUT2D eigenvalue weighted by Gasteiger charge is -2.43. The van der Waals surface area contributed by atoms with Gasteiger partial charge in [0.05, 0.1) is 24.3 Å². The molecule has 2 fully saturated rings. The van der Waals surface area contributed by atoms with E-state index in [4.69, 9.17) is 10.5 Å². The number of benzene rings is 1. The summed E-state index contributed by atoms with van der Waals surface area (Å²) < 4.78 is 19.6. The summed E-state index contributed by atoms with van der Waals surface area (Å²) in [6, 6.07) is 4.21. The van der Waals surface area contributed by atoms with E-state index >= 15 is 0 Å². The first kappa shape index (κ1) is 13.4. The van der Waals surface area contributed by atoms with Crippen LogP contribution in [0.2, 0.25) is 0 Å². The minimum absolute atomic E-state index is 0.0659. The Kier molecular flexibility index (Phi) is 3.61. The number of fused-ring (bicyclic) bond motifs is 1. The zero-order chi connectivity index (χ0) is 14.1. The van der Waals surface area contributed by atoms with E-state index in [9.17, 15) is 9.18 Å². The number of nitrogens with two attached hydrogens (primary N) is 1. The molecule has 0 spiro atoms. The average molecular weight is 278 g/mol. The van der Waals surface area contributed by atoms with Crippen LogP contribution in [0.15, 0.2) is 18.2 Å². The van der Waals surface area contributed by atoms with Crippen molar-refractivity contribution < 1.29 is 13.9 Å². The highest BCUT2D eigenvalue weighted by atomic mass is 19.1. The van der Waals surface area contributed by atoms with Crippen LogP contribution in [0.5, 0.6) is 0 Å². The molecule has 1 aromatic carbocycles. The molecule has 108 valence electrons. The largest absolute Gasteiger partial charge is 0.399 e. The Labute approximate surface area is 117 Å². The molecule has 0 aromatic heterocycles. The summed E-state index contributed by atoms with van der Waals surface area (Å²) in [7, 11) is 0. The number of carbonyl (C=O) groups is 1. The summed E-state index contributed by atoms with van der Waals surface area (Å²) >= 11 is 0. The van der Waals surface area contributed by atoms with Gasteiger partial charge in [-0.15, -0.1) is 0 Å². The van der Waals surface area contributed by atoms with Crippen LogP contribution in [-0.4, -0.2) is 36.1 Å². The van der Waals surface area contributed by atoms with Gasteiger partial charge in [-0.3, -0.25) is 4.79 Å². The van der Waals surface area contributed by atoms with Gasteiger partial charge >= 0.3 is 0 Å². The van der Waals surface area contributed by atoms with Crippen molar-refractivity contribution in [3.63, 3.8) is 0 Å². The minimum atomic E-state index is -0.511. The molecule has 1 aliphatic carbocycles. The van der Waals surface area contributed by atoms with E-state index in [1.54, 1.807) is 4.90 Å². The van der Waals surface area contributed by atoms with Crippen LogP contribution in [0.25, 0.3) is 0 Å². The molecule has 2 unspecified atom stereocenters. The highest BCUT2D eigenvalue weighted by Crippen LogP contribution is 2.30. The minimum Gasteiger partial charge on any atom is -0.399 e. The highest BCUT2D eigenvalue weighted by molar-refractivity contribution is 5.95. The smallest absolute Gasteiger partial charge is 0.257 e. The summed E-state index contributed by atoms with van der Waals surface area (Å²) in [4.78, 5) is 14.4. The van der Waals surface area contributed by atoms with Gasteiger partial charge in [-0.05, 0) is 31.0 Å². The summed E-state index contributed by atoms with van der Waals surface area (Å²) in [5.41, 5.74) is 6.14. The van der Waals surface area contributed by atoms with Gasteiger partial charge in [-0.1, -0.05) is 12.8 Å². The maximum atomic E-state index is 13.9. The lowest BCUT2D eigenvalue weighted by atomic mass is 9.89. The maximum absolute atomic E-state index is 13.9. The molecule has 0 bridgehead atoms. The monoisotopic (exact) mass is 278 g/mol. The number of ether oxygens (including phenoxy) is 1. The highest BCUT2D eigenvalue weighted by Gasteiger charge is 2.37. The number of hydrogen-bond donors (Lipinski definition) is 1. The van der Waals surface area contributed by atoms with Crippen molar-refractivity contribution in [2.24, 2.45) is 0 Å². The van der Waals surface area contributed by atoms with E-state index in [0.717, 1.165) is 25.7 Å². The van der Waals surface area contributed by atoms with Crippen molar-refractivity contribution in [2.75, 3.05) is 18.9 Å². The Morgan fingerprint density at radius 3 is 3.00 bits per heavy atom. The van der Waals surface area contributed by atoms with E-state index in [-0.39, 0.29) is 23.6 Å². The third-order valence-corrected chi connectivity index (χ3v) is 4.21. The second kappa shape index (κ2) is 5.40. The summed E-state index contributed by atoms with van der Waals surface area (Å²) in [5.74, 6) is -0.780. The summed E-state index contributed by atoms with van der Waals surface area (Å²) in [6.45, 7) is 1.05. The van der Waals surface area contributed by atoms with Crippen LogP contribution in [0.4, 0.5) is 10.1 Å². The fraction of sp³-hybridized carbons (Fsp3) is 0.533. The molecular weight excluding hydrogens is 259 g/mol. The standard InChI is InChI=1S/C15H19FN2O2/c16-12-6-5-10(17)9-11(12)15(19)18-7-8-20-14-4-2-1-3-13(14)18/h5-6,9,13-14H,1-4,7-8,17H2. The number of hydrogen-bond acceptors (Lipinski definition) is 3. The Hall–Kier alpha value is -1.62. The van der Waals surface area contributed by atoms with E-state index in [1.807, 2.05) is 0 Å². The third-order valence-electron chi connectivity index (χ3n) is 4.21. The topological polar surface area (TPSA) is 55.6 Å². The normalized spacial score (nSPS) is 26.1. The van der Waals surface area contributed by atoms with Crippen LogP contribution in [-0.2, 0) is 4.74 Å². The summed E-state index contributed by atoms with van der Waals surface area (Å²) in [5, 5.41) is 0. The van der Waals surface area contributed by atoms with Gasteiger partial charge in [-0.25, -0.2) is 4.39 Å². The van der Waals surface area contributed by atoms with Crippen molar-refractivity contribution in [2.45, 2.75) is 37.8 Å². The molecular formula is C15H19FN2O2. The van der Waals surface area contributed by atoms with Gasteiger partial charge in [0.2, 0.25) is 0 Å². The van der Waals surface area contributed by atoms with E-state index in [0.29, 0.717) is 18.8 Å². The summed E-state index contributed by atoms with van der Waals surface area (Å²) in [6.07, 6.45) is 4.24. The number of amides is 1. The SMILES string of the molecule is Nc1ccc(F)c(C(=O)N2CCOC3CCCCC32)c1. The molecule has 2 N–H and O–H groups in total. The van der Waals surface area contributed by atoms with Crippen molar-refractivity contribution in [3.8, 4) is 0 Å². The Morgan fingerprint density at radius 2 is 2.15 bits per heavy atom. The fourth-order valence-corrected chi connectivity index (χ4v) is 3.21. The molecule has 1 aliphatic heterocycles. The molecule has 1 saturated carbocycles. The quantitative estimate of drug-likeness (QED) is 0.801. The molecule has 1 heterocycles. The molecule has 1 amide bonds. The lowest BCUT2D eigenvalue weighted by Crippen LogP contribution is -2.55. The van der Waals surface area contributed by atoms with Crippen LogP contribution in [0.1, 0.15) is 36.0 Å². The number of carbonyl (C=O) groups excluding carboxylic acids is 1. The van der Waals surface area contributed by atoms with E-state index < -0.39 is 5.82 Å². The second-order valence-electron chi connectivity index (χ2n) is 5.50. The maximum Gasteiger partial charge on any atom is 0.257 e. The van der Waals surface area contributed by atoms with Crippen LogP contribution < -0.4 is 5.73 Å². The average Bonchev–Trinajstić information content (AvgIpc) is 2.48.